The number of nitrogens with zero attached hydrogens (tertiary/aromatic N) is 1. The van der Waals surface area contributed by atoms with Gasteiger partial charge in [0.2, 0.25) is 10.0 Å². The third-order valence-corrected chi connectivity index (χ3v) is 7.51. The predicted octanol–water partition coefficient (Wildman–Crippen LogP) is 3.40. The van der Waals surface area contributed by atoms with Crippen LogP contribution in [0.1, 0.15) is 16.7 Å². The number of sulfonamides is 1. The van der Waals surface area contributed by atoms with Gasteiger partial charge in [0, 0.05) is 34.6 Å². The third-order valence-electron chi connectivity index (χ3n) is 5.46. The molecule has 1 aliphatic heterocycles. The monoisotopic (exact) mass is 476 g/mol. The fourth-order valence-electron chi connectivity index (χ4n) is 3.92. The lowest BCUT2D eigenvalue weighted by atomic mass is 10.0. The van der Waals surface area contributed by atoms with Gasteiger partial charge in [-0.15, -0.1) is 0 Å². The molecule has 170 valence electrons. The van der Waals surface area contributed by atoms with Gasteiger partial charge in [-0.3, -0.25) is 4.79 Å². The smallest absolute Gasteiger partial charge is 0.252 e. The SMILES string of the molecule is Cc1cc(C)c2cc(CN(CC3COCCO3)S(=O)(=O)c3cccc(Cl)c3)c(=O)[nH]c2c1. The molecular formula is C23H25ClN2O5S. The maximum absolute atomic E-state index is 13.5. The van der Waals surface area contributed by atoms with Gasteiger partial charge < -0.3 is 14.5 Å². The summed E-state index contributed by atoms with van der Waals surface area (Å²) in [5.74, 6) is 0. The van der Waals surface area contributed by atoms with Crippen molar-refractivity contribution in [1.29, 1.82) is 0 Å². The van der Waals surface area contributed by atoms with Crippen molar-refractivity contribution in [2.75, 3.05) is 26.4 Å². The molecule has 0 spiro atoms. The van der Waals surface area contributed by atoms with E-state index >= 15 is 0 Å². The summed E-state index contributed by atoms with van der Waals surface area (Å²) in [6, 6.07) is 11.8. The van der Waals surface area contributed by atoms with Gasteiger partial charge in [-0.1, -0.05) is 23.7 Å². The van der Waals surface area contributed by atoms with Gasteiger partial charge in [-0.2, -0.15) is 4.31 Å². The van der Waals surface area contributed by atoms with Crippen molar-refractivity contribution in [2.24, 2.45) is 0 Å². The maximum Gasteiger partial charge on any atom is 0.252 e. The molecule has 32 heavy (non-hydrogen) atoms. The minimum absolute atomic E-state index is 0.0548. The highest BCUT2D eigenvalue weighted by atomic mass is 35.5. The normalized spacial score (nSPS) is 17.2. The zero-order chi connectivity index (χ0) is 22.9. The second kappa shape index (κ2) is 9.33. The van der Waals surface area contributed by atoms with Crippen molar-refractivity contribution in [2.45, 2.75) is 31.4 Å². The van der Waals surface area contributed by atoms with Gasteiger partial charge in [0.15, 0.2) is 0 Å². The molecule has 4 rings (SSSR count). The van der Waals surface area contributed by atoms with E-state index in [4.69, 9.17) is 21.1 Å². The molecule has 2 heterocycles. The van der Waals surface area contributed by atoms with E-state index in [2.05, 4.69) is 4.98 Å². The first-order valence-electron chi connectivity index (χ1n) is 10.3. The summed E-state index contributed by atoms with van der Waals surface area (Å²) in [7, 11) is -3.95. The van der Waals surface area contributed by atoms with Crippen LogP contribution in [-0.2, 0) is 26.0 Å². The van der Waals surface area contributed by atoms with Crippen molar-refractivity contribution in [3.05, 3.63) is 74.5 Å². The molecule has 2 aromatic carbocycles. The topological polar surface area (TPSA) is 88.7 Å². The number of H-pyrrole nitrogens is 1. The van der Waals surface area contributed by atoms with Crippen LogP contribution in [0, 0.1) is 13.8 Å². The lowest BCUT2D eigenvalue weighted by Gasteiger charge is -2.29. The standard InChI is InChI=1S/C23H25ClN2O5S/c1-15-8-16(2)21-10-17(23(27)25-22(21)9-15)12-26(13-19-14-30-6-7-31-19)32(28,29)20-5-3-4-18(24)11-20/h3-5,8-11,19H,6-7,12-14H2,1-2H3,(H,25,27). The van der Waals surface area contributed by atoms with Gasteiger partial charge in [-0.05, 0) is 55.3 Å². The third kappa shape index (κ3) is 4.89. The second-order valence-electron chi connectivity index (χ2n) is 7.99. The molecule has 1 unspecified atom stereocenters. The largest absolute Gasteiger partial charge is 0.376 e. The highest BCUT2D eigenvalue weighted by Crippen LogP contribution is 2.24. The summed E-state index contributed by atoms with van der Waals surface area (Å²) in [6.45, 7) is 5.03. The van der Waals surface area contributed by atoms with E-state index in [1.807, 2.05) is 26.0 Å². The molecule has 1 saturated heterocycles. The second-order valence-corrected chi connectivity index (χ2v) is 10.4. The Morgan fingerprint density at radius 1 is 1.16 bits per heavy atom. The Morgan fingerprint density at radius 3 is 2.69 bits per heavy atom. The van der Waals surface area contributed by atoms with Crippen LogP contribution in [0.4, 0.5) is 0 Å². The molecule has 9 heteroatoms. The van der Waals surface area contributed by atoms with Crippen LogP contribution >= 0.6 is 11.6 Å². The van der Waals surface area contributed by atoms with E-state index < -0.39 is 16.1 Å². The molecule has 0 radical (unpaired) electrons. The lowest BCUT2D eigenvalue weighted by molar-refractivity contribution is -0.0923. The quantitative estimate of drug-likeness (QED) is 0.589. The molecule has 0 aliphatic carbocycles. The van der Waals surface area contributed by atoms with E-state index in [1.54, 1.807) is 18.2 Å². The zero-order valence-corrected chi connectivity index (χ0v) is 19.5. The molecule has 0 amide bonds. The van der Waals surface area contributed by atoms with E-state index in [9.17, 15) is 13.2 Å². The Morgan fingerprint density at radius 2 is 1.97 bits per heavy atom. The number of aromatic amines is 1. The number of nitrogens with one attached hydrogen (secondary N) is 1. The van der Waals surface area contributed by atoms with E-state index in [0.29, 0.717) is 23.8 Å². The molecule has 1 aromatic heterocycles. The number of benzene rings is 2. The minimum atomic E-state index is -3.95. The van der Waals surface area contributed by atoms with E-state index in [-0.39, 0.29) is 30.2 Å². The molecular weight excluding hydrogens is 452 g/mol. The van der Waals surface area contributed by atoms with Crippen LogP contribution in [0.15, 0.2) is 52.2 Å². The number of fused-ring (bicyclic) bond motifs is 1. The number of pyridine rings is 1. The lowest BCUT2D eigenvalue weighted by Crippen LogP contribution is -2.43. The van der Waals surface area contributed by atoms with Crippen molar-refractivity contribution in [1.82, 2.24) is 9.29 Å². The fourth-order valence-corrected chi connectivity index (χ4v) is 5.67. The number of ether oxygens (including phenoxy) is 2. The van der Waals surface area contributed by atoms with Gasteiger partial charge in [-0.25, -0.2) is 8.42 Å². The molecule has 1 N–H and O–H groups in total. The number of aryl methyl sites for hydroxylation is 2. The van der Waals surface area contributed by atoms with E-state index in [0.717, 1.165) is 22.0 Å². The van der Waals surface area contributed by atoms with Crippen molar-refractivity contribution in [3.8, 4) is 0 Å². The predicted molar refractivity (Wildman–Crippen MR) is 124 cm³/mol. The van der Waals surface area contributed by atoms with Crippen molar-refractivity contribution in [3.63, 3.8) is 0 Å². The van der Waals surface area contributed by atoms with Crippen LogP contribution in [0.25, 0.3) is 10.9 Å². The molecule has 1 atom stereocenters. The molecule has 1 fully saturated rings. The molecule has 0 bridgehead atoms. The van der Waals surface area contributed by atoms with Crippen LogP contribution in [-0.4, -0.2) is 50.2 Å². The molecule has 7 nitrogen and oxygen atoms in total. The highest BCUT2D eigenvalue weighted by molar-refractivity contribution is 7.89. The number of halogens is 1. The first kappa shape index (κ1) is 22.9. The summed E-state index contributed by atoms with van der Waals surface area (Å²) < 4.78 is 39.4. The summed E-state index contributed by atoms with van der Waals surface area (Å²) >= 11 is 6.05. The average Bonchev–Trinajstić information content (AvgIpc) is 2.74. The van der Waals surface area contributed by atoms with Gasteiger partial charge in [0.25, 0.3) is 5.56 Å². The Bertz CT molecular complexity index is 1300. The zero-order valence-electron chi connectivity index (χ0n) is 17.9. The fraction of sp³-hybridized carbons (Fsp3) is 0.348. The number of rotatable bonds is 6. The van der Waals surface area contributed by atoms with Crippen LogP contribution < -0.4 is 5.56 Å². The van der Waals surface area contributed by atoms with Crippen LogP contribution in [0.2, 0.25) is 5.02 Å². The first-order valence-corrected chi connectivity index (χ1v) is 12.1. The summed E-state index contributed by atoms with van der Waals surface area (Å²) in [4.78, 5) is 15.8. The molecule has 3 aromatic rings. The van der Waals surface area contributed by atoms with Crippen molar-refractivity contribution >= 4 is 32.5 Å². The minimum Gasteiger partial charge on any atom is -0.376 e. The van der Waals surface area contributed by atoms with Crippen LogP contribution in [0.3, 0.4) is 0 Å². The molecule has 1 aliphatic rings. The first-order chi connectivity index (χ1) is 15.2. The Kier molecular flexibility index (Phi) is 6.69. The molecule has 0 saturated carbocycles. The van der Waals surface area contributed by atoms with Crippen LogP contribution in [0.5, 0.6) is 0 Å². The number of hydrogen-bond acceptors (Lipinski definition) is 5. The number of aromatic nitrogens is 1. The Hall–Kier alpha value is -2.23. The average molecular weight is 477 g/mol. The Labute approximate surface area is 192 Å². The van der Waals surface area contributed by atoms with Crippen molar-refractivity contribution < 1.29 is 17.9 Å². The summed E-state index contributed by atoms with van der Waals surface area (Å²) in [6.07, 6.45) is -0.429. The van der Waals surface area contributed by atoms with Gasteiger partial charge in [0.1, 0.15) is 0 Å². The highest BCUT2D eigenvalue weighted by Gasteiger charge is 2.30. The van der Waals surface area contributed by atoms with E-state index in [1.165, 1.54) is 16.4 Å². The summed E-state index contributed by atoms with van der Waals surface area (Å²) in [5, 5.41) is 1.19. The maximum atomic E-state index is 13.5. The summed E-state index contributed by atoms with van der Waals surface area (Å²) in [5.41, 5.74) is 2.80. The van der Waals surface area contributed by atoms with Gasteiger partial charge in [0.05, 0.1) is 30.8 Å². The van der Waals surface area contributed by atoms with Gasteiger partial charge >= 0.3 is 0 Å². The number of hydrogen-bond donors (Lipinski definition) is 1. The Balaban J connectivity index is 1.75.